The molecule has 1 saturated heterocycles. The molecule has 0 radical (unpaired) electrons. The van der Waals surface area contributed by atoms with Crippen molar-refractivity contribution >= 4 is 0 Å². The second-order valence-corrected chi connectivity index (χ2v) is 4.30. The number of halogens is 3. The summed E-state index contributed by atoms with van der Waals surface area (Å²) in [6.45, 7) is 2.18. The molecule has 16 heavy (non-hydrogen) atoms. The maximum atomic E-state index is 14.5. The zero-order valence-corrected chi connectivity index (χ0v) is 9.12. The van der Waals surface area contributed by atoms with Crippen molar-refractivity contribution in [2.24, 2.45) is 0 Å². The first-order valence-corrected chi connectivity index (χ1v) is 5.39. The fraction of sp³-hybridized carbons (Fsp3) is 0.500. The predicted molar refractivity (Wildman–Crippen MR) is 56.0 cm³/mol. The standard InChI is InChI=1S/C12H14F3N/c1-8-3-4-9(13)10(11(8)14)12(15)5-2-6-16-7-12/h3-4,16H,2,5-7H2,1H3. The number of hydrogen-bond donors (Lipinski definition) is 1. The topological polar surface area (TPSA) is 12.0 Å². The third kappa shape index (κ3) is 1.82. The van der Waals surface area contributed by atoms with Crippen LogP contribution in [0.25, 0.3) is 0 Å². The molecule has 0 bridgehead atoms. The van der Waals surface area contributed by atoms with Crippen LogP contribution in [0.3, 0.4) is 0 Å². The molecule has 1 heterocycles. The Morgan fingerprint density at radius 2 is 2.06 bits per heavy atom. The zero-order chi connectivity index (χ0) is 11.8. The Bertz CT molecular complexity index is 397. The van der Waals surface area contributed by atoms with E-state index < -0.39 is 22.9 Å². The molecule has 0 amide bonds. The van der Waals surface area contributed by atoms with Crippen LogP contribution in [-0.4, -0.2) is 13.1 Å². The highest BCUT2D eigenvalue weighted by Gasteiger charge is 2.39. The van der Waals surface area contributed by atoms with Crippen LogP contribution in [0.1, 0.15) is 24.0 Å². The monoisotopic (exact) mass is 229 g/mol. The lowest BCUT2D eigenvalue weighted by atomic mass is 9.86. The maximum absolute atomic E-state index is 14.5. The molecule has 0 spiro atoms. The van der Waals surface area contributed by atoms with Crippen molar-refractivity contribution in [1.82, 2.24) is 5.32 Å². The predicted octanol–water partition coefficient (Wildman–Crippen LogP) is 2.82. The van der Waals surface area contributed by atoms with Crippen molar-refractivity contribution in [2.75, 3.05) is 13.1 Å². The Morgan fingerprint density at radius 3 is 2.69 bits per heavy atom. The van der Waals surface area contributed by atoms with E-state index in [1.807, 2.05) is 0 Å². The number of alkyl halides is 1. The number of nitrogens with one attached hydrogen (secondary N) is 1. The van der Waals surface area contributed by atoms with Gasteiger partial charge in [-0.1, -0.05) is 6.07 Å². The van der Waals surface area contributed by atoms with E-state index in [9.17, 15) is 13.2 Å². The summed E-state index contributed by atoms with van der Waals surface area (Å²) in [4.78, 5) is 0. The van der Waals surface area contributed by atoms with Crippen molar-refractivity contribution in [3.8, 4) is 0 Å². The lowest BCUT2D eigenvalue weighted by Gasteiger charge is -2.31. The van der Waals surface area contributed by atoms with Gasteiger partial charge in [0.2, 0.25) is 0 Å². The number of aryl methyl sites for hydroxylation is 1. The molecule has 0 aliphatic carbocycles. The van der Waals surface area contributed by atoms with E-state index in [1.165, 1.54) is 13.0 Å². The largest absolute Gasteiger partial charge is 0.313 e. The molecule has 1 aromatic carbocycles. The van der Waals surface area contributed by atoms with Gasteiger partial charge in [-0.2, -0.15) is 0 Å². The minimum atomic E-state index is -1.92. The minimum absolute atomic E-state index is 0.0235. The molecular formula is C12H14F3N. The minimum Gasteiger partial charge on any atom is -0.313 e. The van der Waals surface area contributed by atoms with E-state index in [2.05, 4.69) is 5.32 Å². The number of benzene rings is 1. The first kappa shape index (κ1) is 11.5. The van der Waals surface area contributed by atoms with Crippen molar-refractivity contribution in [3.05, 3.63) is 34.9 Å². The van der Waals surface area contributed by atoms with Gasteiger partial charge in [0.25, 0.3) is 0 Å². The Balaban J connectivity index is 2.49. The fourth-order valence-corrected chi connectivity index (χ4v) is 2.15. The maximum Gasteiger partial charge on any atom is 0.154 e. The van der Waals surface area contributed by atoms with Crippen LogP contribution in [-0.2, 0) is 5.67 Å². The van der Waals surface area contributed by atoms with E-state index in [0.717, 1.165) is 6.07 Å². The highest BCUT2D eigenvalue weighted by atomic mass is 19.2. The van der Waals surface area contributed by atoms with Gasteiger partial charge in [-0.05, 0) is 37.9 Å². The highest BCUT2D eigenvalue weighted by Crippen LogP contribution is 2.36. The van der Waals surface area contributed by atoms with E-state index >= 15 is 0 Å². The second-order valence-electron chi connectivity index (χ2n) is 4.30. The summed E-state index contributed by atoms with van der Waals surface area (Å²) >= 11 is 0. The lowest BCUT2D eigenvalue weighted by molar-refractivity contribution is 0.111. The van der Waals surface area contributed by atoms with Crippen LogP contribution in [0.15, 0.2) is 12.1 Å². The lowest BCUT2D eigenvalue weighted by Crippen LogP contribution is -2.41. The molecule has 1 fully saturated rings. The van der Waals surface area contributed by atoms with Gasteiger partial charge in [0.15, 0.2) is 5.67 Å². The van der Waals surface area contributed by atoms with Crippen LogP contribution in [0, 0.1) is 18.6 Å². The van der Waals surface area contributed by atoms with Crippen molar-refractivity contribution < 1.29 is 13.2 Å². The Kier molecular flexibility index (Phi) is 2.93. The third-order valence-electron chi connectivity index (χ3n) is 3.06. The van der Waals surface area contributed by atoms with E-state index in [0.29, 0.717) is 13.0 Å². The molecule has 0 aromatic heterocycles. The van der Waals surface area contributed by atoms with Gasteiger partial charge < -0.3 is 5.32 Å². The summed E-state index contributed by atoms with van der Waals surface area (Å²) in [5.74, 6) is -1.56. The summed E-state index contributed by atoms with van der Waals surface area (Å²) in [6, 6.07) is 2.46. The van der Waals surface area contributed by atoms with Crippen LogP contribution < -0.4 is 5.32 Å². The molecule has 1 aliphatic rings. The van der Waals surface area contributed by atoms with Crippen molar-refractivity contribution in [1.29, 1.82) is 0 Å². The average molecular weight is 229 g/mol. The van der Waals surface area contributed by atoms with Crippen LogP contribution in [0.5, 0.6) is 0 Å². The highest BCUT2D eigenvalue weighted by molar-refractivity contribution is 5.32. The molecule has 1 N–H and O–H groups in total. The molecule has 1 aliphatic heterocycles. The normalized spacial score (nSPS) is 25.8. The zero-order valence-electron chi connectivity index (χ0n) is 9.12. The summed E-state index contributed by atoms with van der Waals surface area (Å²) in [5, 5.41) is 2.84. The second kappa shape index (κ2) is 4.09. The van der Waals surface area contributed by atoms with Gasteiger partial charge >= 0.3 is 0 Å². The van der Waals surface area contributed by atoms with Gasteiger partial charge in [0.1, 0.15) is 11.6 Å². The molecule has 1 aromatic rings. The number of hydrogen-bond acceptors (Lipinski definition) is 1. The Morgan fingerprint density at radius 1 is 1.31 bits per heavy atom. The molecule has 4 heteroatoms. The number of piperidine rings is 1. The summed E-state index contributed by atoms with van der Waals surface area (Å²) in [5.41, 5.74) is -2.06. The van der Waals surface area contributed by atoms with Gasteiger partial charge in [-0.3, -0.25) is 0 Å². The molecule has 1 unspecified atom stereocenters. The third-order valence-corrected chi connectivity index (χ3v) is 3.06. The van der Waals surface area contributed by atoms with Crippen molar-refractivity contribution in [2.45, 2.75) is 25.4 Å². The summed E-state index contributed by atoms with van der Waals surface area (Å²) in [6.07, 6.45) is 0.751. The summed E-state index contributed by atoms with van der Waals surface area (Å²) in [7, 11) is 0. The van der Waals surface area contributed by atoms with Crippen LogP contribution >= 0.6 is 0 Å². The van der Waals surface area contributed by atoms with E-state index in [1.54, 1.807) is 0 Å². The SMILES string of the molecule is Cc1ccc(F)c(C2(F)CCCNC2)c1F. The smallest absolute Gasteiger partial charge is 0.154 e. The van der Waals surface area contributed by atoms with Gasteiger partial charge in [-0.25, -0.2) is 13.2 Å². The average Bonchev–Trinajstić information content (AvgIpc) is 2.25. The first-order chi connectivity index (χ1) is 7.54. The van der Waals surface area contributed by atoms with Gasteiger partial charge in [-0.15, -0.1) is 0 Å². The molecule has 2 rings (SSSR count). The fourth-order valence-electron chi connectivity index (χ4n) is 2.15. The number of rotatable bonds is 1. The molecule has 1 atom stereocenters. The molecule has 1 nitrogen and oxygen atoms in total. The Hall–Kier alpha value is -1.03. The van der Waals surface area contributed by atoms with Gasteiger partial charge in [0, 0.05) is 6.54 Å². The first-order valence-electron chi connectivity index (χ1n) is 5.39. The molecule has 0 saturated carbocycles. The van der Waals surface area contributed by atoms with E-state index in [-0.39, 0.29) is 18.5 Å². The van der Waals surface area contributed by atoms with E-state index in [4.69, 9.17) is 0 Å². The molecular weight excluding hydrogens is 215 g/mol. The summed E-state index contributed by atoms with van der Waals surface area (Å²) < 4.78 is 41.8. The quantitative estimate of drug-likeness (QED) is 0.780. The Labute approximate surface area is 92.7 Å². The van der Waals surface area contributed by atoms with Crippen molar-refractivity contribution in [3.63, 3.8) is 0 Å². The van der Waals surface area contributed by atoms with Gasteiger partial charge in [0.05, 0.1) is 5.56 Å². The van der Waals surface area contributed by atoms with Crippen LogP contribution in [0.4, 0.5) is 13.2 Å². The molecule has 88 valence electrons. The van der Waals surface area contributed by atoms with Crippen LogP contribution in [0.2, 0.25) is 0 Å².